The lowest BCUT2D eigenvalue weighted by Crippen LogP contribution is -2.24. The molecule has 0 fully saturated rings. The third kappa shape index (κ3) is 5.63. The average Bonchev–Trinajstić information content (AvgIpc) is 3.12. The minimum Gasteiger partial charge on any atom is -0.292 e. The number of carbonyl (C=O) groups is 1. The lowest BCUT2D eigenvalue weighted by atomic mass is 10.1. The van der Waals surface area contributed by atoms with Gasteiger partial charge < -0.3 is 0 Å². The maximum Gasteiger partial charge on any atom is 0.240 e. The number of hydrogen-bond acceptors (Lipinski definition) is 7. The highest BCUT2D eigenvalue weighted by molar-refractivity contribution is 7.89. The fourth-order valence-electron chi connectivity index (χ4n) is 2.38. The van der Waals surface area contributed by atoms with E-state index in [1.54, 1.807) is 17.5 Å². The highest BCUT2D eigenvalue weighted by Gasteiger charge is 2.16. The quantitative estimate of drug-likeness (QED) is 0.524. The summed E-state index contributed by atoms with van der Waals surface area (Å²) in [5.74, 6) is -0.862. The van der Waals surface area contributed by atoms with Gasteiger partial charge in [0.1, 0.15) is 11.5 Å². The molecule has 152 valence electrons. The van der Waals surface area contributed by atoms with Gasteiger partial charge in [0.15, 0.2) is 5.78 Å². The van der Waals surface area contributed by atoms with Crippen LogP contribution in [0.15, 0.2) is 41.4 Å². The minimum absolute atomic E-state index is 0.140. The van der Waals surface area contributed by atoms with E-state index < -0.39 is 15.8 Å². The van der Waals surface area contributed by atoms with Crippen LogP contribution in [0.5, 0.6) is 0 Å². The summed E-state index contributed by atoms with van der Waals surface area (Å²) >= 11 is 7.17. The van der Waals surface area contributed by atoms with Crippen molar-refractivity contribution in [3.8, 4) is 0 Å². The molecule has 0 unspecified atom stereocenters. The zero-order chi connectivity index (χ0) is 21.0. The predicted octanol–water partition coefficient (Wildman–Crippen LogP) is 3.33. The van der Waals surface area contributed by atoms with Crippen LogP contribution in [-0.4, -0.2) is 29.4 Å². The van der Waals surface area contributed by atoms with Gasteiger partial charge in [0.25, 0.3) is 0 Å². The van der Waals surface area contributed by atoms with Crippen LogP contribution in [0.1, 0.15) is 32.5 Å². The SMILES string of the molecule is Cc1ncc(CCC(=O)c2ccc(CNS(=O)(=O)c3ccc(F)c(Cl)c3)nn2)s1. The van der Waals surface area contributed by atoms with Crippen molar-refractivity contribution in [3.63, 3.8) is 0 Å². The first-order valence-electron chi connectivity index (χ1n) is 8.46. The zero-order valence-corrected chi connectivity index (χ0v) is 17.6. The summed E-state index contributed by atoms with van der Waals surface area (Å²) in [6, 6.07) is 6.15. The van der Waals surface area contributed by atoms with Crippen LogP contribution in [0, 0.1) is 12.7 Å². The highest BCUT2D eigenvalue weighted by Crippen LogP contribution is 2.19. The smallest absolute Gasteiger partial charge is 0.240 e. The second kappa shape index (κ2) is 9.04. The molecule has 2 aromatic heterocycles. The summed E-state index contributed by atoms with van der Waals surface area (Å²) in [5, 5.41) is 8.43. The maximum absolute atomic E-state index is 13.2. The molecule has 0 aliphatic rings. The van der Waals surface area contributed by atoms with Crippen molar-refractivity contribution in [1.29, 1.82) is 0 Å². The molecule has 0 bridgehead atoms. The van der Waals surface area contributed by atoms with Gasteiger partial charge in [-0.05, 0) is 43.7 Å². The Morgan fingerprint density at radius 2 is 2.03 bits per heavy atom. The lowest BCUT2D eigenvalue weighted by Gasteiger charge is -2.07. The fraction of sp³-hybridized carbons (Fsp3) is 0.222. The molecule has 3 rings (SSSR count). The summed E-state index contributed by atoms with van der Waals surface area (Å²) < 4.78 is 40.1. The van der Waals surface area contributed by atoms with Crippen molar-refractivity contribution >= 4 is 38.7 Å². The first-order valence-corrected chi connectivity index (χ1v) is 11.1. The number of aromatic nitrogens is 3. The molecule has 0 amide bonds. The van der Waals surface area contributed by atoms with Crippen LogP contribution >= 0.6 is 22.9 Å². The molecule has 29 heavy (non-hydrogen) atoms. The van der Waals surface area contributed by atoms with Crippen LogP contribution in [0.25, 0.3) is 0 Å². The van der Waals surface area contributed by atoms with Crippen LogP contribution < -0.4 is 4.72 Å². The van der Waals surface area contributed by atoms with Gasteiger partial charge in [-0.1, -0.05) is 11.6 Å². The van der Waals surface area contributed by atoms with Gasteiger partial charge >= 0.3 is 0 Å². The second-order valence-electron chi connectivity index (χ2n) is 6.08. The number of ketones is 1. The van der Waals surface area contributed by atoms with Crippen molar-refractivity contribution in [2.24, 2.45) is 0 Å². The normalized spacial score (nSPS) is 11.6. The summed E-state index contributed by atoms with van der Waals surface area (Å²) in [5.41, 5.74) is 0.541. The average molecular weight is 455 g/mol. The second-order valence-corrected chi connectivity index (χ2v) is 9.57. The summed E-state index contributed by atoms with van der Waals surface area (Å²) in [6.45, 7) is 1.76. The largest absolute Gasteiger partial charge is 0.292 e. The molecule has 3 aromatic rings. The number of rotatable bonds is 8. The Hall–Kier alpha value is -2.27. The Labute approximate surface area is 176 Å². The van der Waals surface area contributed by atoms with Gasteiger partial charge in [0, 0.05) is 17.5 Å². The van der Waals surface area contributed by atoms with E-state index in [-0.39, 0.29) is 34.4 Å². The number of hydrogen-bond donors (Lipinski definition) is 1. The monoisotopic (exact) mass is 454 g/mol. The molecule has 1 N–H and O–H groups in total. The molecule has 0 radical (unpaired) electrons. The zero-order valence-electron chi connectivity index (χ0n) is 15.2. The number of halogens is 2. The molecule has 2 heterocycles. The number of sulfonamides is 1. The Kier molecular flexibility index (Phi) is 6.68. The third-order valence-electron chi connectivity index (χ3n) is 3.92. The Morgan fingerprint density at radius 1 is 1.24 bits per heavy atom. The Morgan fingerprint density at radius 3 is 2.66 bits per heavy atom. The van der Waals surface area contributed by atoms with E-state index in [0.717, 1.165) is 28.1 Å². The van der Waals surface area contributed by atoms with E-state index >= 15 is 0 Å². The Bertz CT molecular complexity index is 1130. The first-order chi connectivity index (χ1) is 13.7. The number of thiazole rings is 1. The van der Waals surface area contributed by atoms with Crippen molar-refractivity contribution in [1.82, 2.24) is 19.9 Å². The van der Waals surface area contributed by atoms with E-state index in [1.165, 1.54) is 12.1 Å². The predicted molar refractivity (Wildman–Crippen MR) is 107 cm³/mol. The molecular formula is C18H16ClFN4O3S2. The molecule has 0 aliphatic carbocycles. The maximum atomic E-state index is 13.2. The molecule has 11 heteroatoms. The number of nitrogens with one attached hydrogen (secondary N) is 1. The van der Waals surface area contributed by atoms with Crippen LogP contribution in [-0.2, 0) is 23.0 Å². The topological polar surface area (TPSA) is 102 Å². The van der Waals surface area contributed by atoms with E-state index in [1.807, 2.05) is 6.92 Å². The molecule has 0 spiro atoms. The number of Topliss-reactive ketones (excluding diaryl/α,β-unsaturated/α-hetero) is 1. The number of aryl methyl sites for hydroxylation is 2. The minimum atomic E-state index is -3.90. The van der Waals surface area contributed by atoms with Crippen molar-refractivity contribution < 1.29 is 17.6 Å². The van der Waals surface area contributed by atoms with Crippen LogP contribution in [0.4, 0.5) is 4.39 Å². The Balaban J connectivity index is 1.58. The van der Waals surface area contributed by atoms with Crippen molar-refractivity contribution in [2.45, 2.75) is 31.2 Å². The molecule has 0 atom stereocenters. The standard InChI is InChI=1S/C18H16ClFN4O3S2/c1-11-21-10-13(28-11)3-7-18(25)17-6-2-12(23-24-17)9-22-29(26,27)14-4-5-16(20)15(19)8-14/h2,4-6,8,10,22H,3,7,9H2,1H3. The molecule has 0 saturated heterocycles. The molecule has 0 aliphatic heterocycles. The van der Waals surface area contributed by atoms with E-state index in [0.29, 0.717) is 12.1 Å². The van der Waals surface area contributed by atoms with Crippen molar-refractivity contribution in [2.75, 3.05) is 0 Å². The van der Waals surface area contributed by atoms with Gasteiger partial charge in [-0.15, -0.1) is 16.4 Å². The summed E-state index contributed by atoms with van der Waals surface area (Å²) in [6.07, 6.45) is 2.61. The number of benzene rings is 1. The van der Waals surface area contributed by atoms with Gasteiger partial charge in [0.2, 0.25) is 10.0 Å². The molecular weight excluding hydrogens is 439 g/mol. The van der Waals surface area contributed by atoms with Gasteiger partial charge in [-0.3, -0.25) is 4.79 Å². The van der Waals surface area contributed by atoms with E-state index in [9.17, 15) is 17.6 Å². The molecule has 0 saturated carbocycles. The molecule has 1 aromatic carbocycles. The summed E-state index contributed by atoms with van der Waals surface area (Å²) in [7, 11) is -3.90. The van der Waals surface area contributed by atoms with Gasteiger partial charge in [0.05, 0.1) is 27.2 Å². The van der Waals surface area contributed by atoms with Crippen molar-refractivity contribution in [3.05, 3.63) is 68.6 Å². The van der Waals surface area contributed by atoms with E-state index in [4.69, 9.17) is 11.6 Å². The van der Waals surface area contributed by atoms with Gasteiger partial charge in [-0.2, -0.15) is 5.10 Å². The summed E-state index contributed by atoms with van der Waals surface area (Å²) in [4.78, 5) is 17.2. The molecule has 7 nitrogen and oxygen atoms in total. The van der Waals surface area contributed by atoms with E-state index in [2.05, 4.69) is 19.9 Å². The highest BCUT2D eigenvalue weighted by atomic mass is 35.5. The fourth-order valence-corrected chi connectivity index (χ4v) is 4.45. The van der Waals surface area contributed by atoms with Crippen LogP contribution in [0.2, 0.25) is 5.02 Å². The third-order valence-corrected chi connectivity index (χ3v) is 6.58. The van der Waals surface area contributed by atoms with Crippen LogP contribution in [0.3, 0.4) is 0 Å². The van der Waals surface area contributed by atoms with Gasteiger partial charge in [-0.25, -0.2) is 22.5 Å². The first kappa shape index (κ1) is 21.4. The number of carbonyl (C=O) groups excluding carboxylic acids is 1. The number of nitrogens with zero attached hydrogens (tertiary/aromatic N) is 3. The lowest BCUT2D eigenvalue weighted by molar-refractivity contribution is 0.0977.